The van der Waals surface area contributed by atoms with Crippen molar-refractivity contribution in [1.82, 2.24) is 59.5 Å². The Hall–Kier alpha value is -11.0. The first-order chi connectivity index (χ1) is 49.2. The van der Waals surface area contributed by atoms with Gasteiger partial charge in [0, 0.05) is 59.0 Å². The van der Waals surface area contributed by atoms with Gasteiger partial charge in [-0.2, -0.15) is 45.4 Å². The third-order valence-electron chi connectivity index (χ3n) is 15.3. The zero-order valence-electron chi connectivity index (χ0n) is 58.6. The van der Waals surface area contributed by atoms with Crippen molar-refractivity contribution in [3.8, 4) is 45.4 Å². The van der Waals surface area contributed by atoms with Crippen LogP contribution in [-0.2, 0) is 21.8 Å². The lowest BCUT2D eigenvalue weighted by Crippen LogP contribution is -2.27. The van der Waals surface area contributed by atoms with Crippen LogP contribution in [0.2, 0.25) is 0 Å². The molecule has 2 unspecified atom stereocenters. The number of ether oxygens (including phenoxy) is 4. The number of rotatable bonds is 13. The number of alkyl halides is 8. The molecule has 0 saturated heterocycles. The van der Waals surface area contributed by atoms with E-state index >= 15 is 0 Å². The van der Waals surface area contributed by atoms with Crippen molar-refractivity contribution < 1.29 is 93.7 Å². The number of aliphatic hydroxyl groups excluding tert-OH is 2. The van der Waals surface area contributed by atoms with E-state index in [4.69, 9.17) is 32.5 Å². The maximum absolute atomic E-state index is 13.3. The molecule has 0 saturated carbocycles. The van der Waals surface area contributed by atoms with Gasteiger partial charge in [-0.3, -0.25) is 14.8 Å². The van der Waals surface area contributed by atoms with Crippen LogP contribution in [0.1, 0.15) is 159 Å². The molecule has 0 amide bonds. The molecule has 12 rings (SSSR count). The number of aryl methyl sites for hydroxylation is 6. The SMILES string of the molecule is CCOc1nc2c(C(O)c3ccc(C(F)(F)F)cn3)cc(-c3c(C)noc3C)cc2n1C(=O)OC(C)(C)C.CCOc1nc2c(C=O)cc(-c3c(C)noc3C)cc2n1C(=O)OC(C)(C)C.Cc1noc(C)c1-c1cc(C(O)c2ccc(C(F)(F)F)cn2)c2[nH]c(=O)[nH]c2c1.FC(F)c1ccc(Br)nc1.[2HH]. The number of halogens is 9. The number of aliphatic hydroxyl groups is 2. The highest BCUT2D eigenvalue weighted by atomic mass is 79.9. The van der Waals surface area contributed by atoms with E-state index in [9.17, 15) is 64.5 Å². The topological polar surface area (TPSA) is 330 Å². The highest BCUT2D eigenvalue weighted by Gasteiger charge is 2.35. The second kappa shape index (κ2) is 31.1. The van der Waals surface area contributed by atoms with E-state index in [0.717, 1.165) is 40.6 Å². The summed E-state index contributed by atoms with van der Waals surface area (Å²) in [4.78, 5) is 75.0. The summed E-state index contributed by atoms with van der Waals surface area (Å²) >= 11 is 3.04. The molecule has 3 aromatic carbocycles. The molecule has 34 heteroatoms. The quantitative estimate of drug-likeness (QED) is 0.0473. The molecular formula is C71H71BrF8N12O13. The Kier molecular flexibility index (Phi) is 23.2. The minimum absolute atomic E-state index is 0. The average Bonchev–Trinajstić information content (AvgIpc) is 1.60. The Morgan fingerprint density at radius 2 is 1.02 bits per heavy atom. The third kappa shape index (κ3) is 17.8. The second-order valence-corrected chi connectivity index (χ2v) is 26.2. The summed E-state index contributed by atoms with van der Waals surface area (Å²) < 4.78 is 142. The zero-order valence-corrected chi connectivity index (χ0v) is 60.2. The molecule has 0 spiro atoms. The van der Waals surface area contributed by atoms with Gasteiger partial charge >= 0.3 is 42.2 Å². The number of imidazole rings is 3. The Morgan fingerprint density at radius 3 is 1.40 bits per heavy atom. The van der Waals surface area contributed by atoms with Gasteiger partial charge in [0.05, 0.1) is 80.4 Å². The van der Waals surface area contributed by atoms with Gasteiger partial charge in [0.25, 0.3) is 6.43 Å². The molecule has 9 aromatic heterocycles. The summed E-state index contributed by atoms with van der Waals surface area (Å²) in [5.41, 5.74) is 4.59. The maximum Gasteiger partial charge on any atom is 0.423 e. The molecule has 0 aliphatic carbocycles. The molecule has 9 heterocycles. The van der Waals surface area contributed by atoms with Crippen LogP contribution in [-0.4, -0.2) is 113 Å². The van der Waals surface area contributed by atoms with E-state index in [1.54, 1.807) is 126 Å². The molecule has 0 aliphatic rings. The van der Waals surface area contributed by atoms with Gasteiger partial charge < -0.3 is 52.7 Å². The molecule has 556 valence electrons. The fraction of sp³-hybridized carbons (Fsp3) is 0.324. The van der Waals surface area contributed by atoms with Gasteiger partial charge in [-0.05, 0) is 202 Å². The number of aldehydes is 1. The standard InChI is InChI=1S/C26H27F3N4O5.C20H23N3O5.C19H15F3N4O3.C6H4BrF2N.H2/c1-7-36-23-31-21-17(22(34)18-9-8-16(12-30-18)26(27,28)29)10-15(20-13(2)32-38-14(20)3)11-19(21)33(23)24(35)37-25(4,5)6;1-7-26-18-21-17-14(10-24)8-13(16-11(2)22-28-12(16)3)9-15(17)23(18)19(25)27-20(4,5)6;1-8-15(9(2)29-26-8)10-5-12(16-14(6-10)24-18(28)25-16)17(27)13-4-3-11(7-23-13)19(20,21)22;7-5-2-1-4(3-10-5)6(8)9;/h8-12,22,34H,7H2,1-6H3;8-10H,7H2,1-6H3;3-7,17,27H,1-2H3,(H2,24,25,28);1-3,6H;1H/i;;;;1+1. The molecule has 105 heavy (non-hydrogen) atoms. The van der Waals surface area contributed by atoms with Crippen molar-refractivity contribution in [1.29, 1.82) is 0 Å². The zero-order chi connectivity index (χ0) is 77.1. The van der Waals surface area contributed by atoms with Crippen LogP contribution < -0.4 is 15.2 Å². The number of carbonyl (C=O) groups excluding carboxylic acids is 3. The number of fused-ring (bicyclic) bond motifs is 3. The van der Waals surface area contributed by atoms with E-state index in [-0.39, 0.29) is 59.2 Å². The molecule has 25 nitrogen and oxygen atoms in total. The van der Waals surface area contributed by atoms with Crippen molar-refractivity contribution in [2.24, 2.45) is 0 Å². The van der Waals surface area contributed by atoms with E-state index in [0.29, 0.717) is 120 Å². The number of nitrogens with zero attached hydrogens (tertiary/aromatic N) is 10. The van der Waals surface area contributed by atoms with Crippen LogP contribution in [0.3, 0.4) is 0 Å². The van der Waals surface area contributed by atoms with Crippen molar-refractivity contribution in [2.75, 3.05) is 13.2 Å². The number of pyridine rings is 3. The van der Waals surface area contributed by atoms with E-state index in [2.05, 4.69) is 66.3 Å². The number of nitrogens with one attached hydrogen (secondary N) is 2. The number of hydrogen-bond donors (Lipinski definition) is 4. The fourth-order valence-corrected chi connectivity index (χ4v) is 11.1. The minimum atomic E-state index is -4.58. The summed E-state index contributed by atoms with van der Waals surface area (Å²) in [7, 11) is 0. The first kappa shape index (κ1) is 78.1. The lowest BCUT2D eigenvalue weighted by atomic mass is 9.96. The van der Waals surface area contributed by atoms with Crippen LogP contribution in [0, 0.1) is 41.5 Å². The second-order valence-electron chi connectivity index (χ2n) is 25.4. The maximum atomic E-state index is 13.3. The molecule has 0 fully saturated rings. The normalized spacial score (nSPS) is 12.5. The summed E-state index contributed by atoms with van der Waals surface area (Å²) in [5.74, 6) is 1.65. The van der Waals surface area contributed by atoms with Crippen molar-refractivity contribution in [3.63, 3.8) is 0 Å². The van der Waals surface area contributed by atoms with Crippen LogP contribution >= 0.6 is 15.9 Å². The lowest BCUT2D eigenvalue weighted by molar-refractivity contribution is -0.138. The van der Waals surface area contributed by atoms with Gasteiger partial charge in [0.1, 0.15) is 50.8 Å². The van der Waals surface area contributed by atoms with E-state index in [1.807, 2.05) is 6.92 Å². The van der Waals surface area contributed by atoms with E-state index < -0.39 is 71.2 Å². The van der Waals surface area contributed by atoms with Crippen LogP contribution in [0.4, 0.5) is 44.7 Å². The van der Waals surface area contributed by atoms with Crippen LogP contribution in [0.15, 0.2) is 114 Å². The molecule has 4 N–H and O–H groups in total. The number of H-pyrrole nitrogens is 2. The Morgan fingerprint density at radius 1 is 0.590 bits per heavy atom. The summed E-state index contributed by atoms with van der Waals surface area (Å²) in [6, 6.07) is 16.8. The van der Waals surface area contributed by atoms with Crippen LogP contribution in [0.5, 0.6) is 12.0 Å². The Balaban J connectivity index is 0.000000189. The van der Waals surface area contributed by atoms with Gasteiger partial charge in [-0.15, -0.1) is 0 Å². The summed E-state index contributed by atoms with van der Waals surface area (Å²) in [6.07, 6.45) is -12.6. The fourth-order valence-electron chi connectivity index (χ4n) is 10.9. The minimum Gasteiger partial charge on any atom is -0.465 e. The van der Waals surface area contributed by atoms with Crippen molar-refractivity contribution >= 4 is 67.5 Å². The first-order valence-corrected chi connectivity index (χ1v) is 32.7. The van der Waals surface area contributed by atoms with Gasteiger partial charge in [-0.25, -0.2) is 28.1 Å². The molecule has 0 bridgehead atoms. The number of hydrogen-bond acceptors (Lipinski definition) is 21. The monoisotopic (exact) mass is 1530 g/mol. The van der Waals surface area contributed by atoms with Gasteiger partial charge in [0.15, 0.2) is 6.29 Å². The number of benzene rings is 3. The molecule has 12 aromatic rings. The Labute approximate surface area is 601 Å². The Bertz CT molecular complexity index is 5150. The van der Waals surface area contributed by atoms with Crippen LogP contribution in [0.25, 0.3) is 66.5 Å². The van der Waals surface area contributed by atoms with Crippen molar-refractivity contribution in [2.45, 2.75) is 139 Å². The smallest absolute Gasteiger partial charge is 0.423 e. The predicted octanol–water partition coefficient (Wildman–Crippen LogP) is 16.9. The lowest BCUT2D eigenvalue weighted by Gasteiger charge is -2.20. The predicted molar refractivity (Wildman–Crippen MR) is 370 cm³/mol. The molecular weight excluding hydrogens is 1460 g/mol. The van der Waals surface area contributed by atoms with E-state index in [1.165, 1.54) is 16.7 Å². The first-order valence-electron chi connectivity index (χ1n) is 31.9. The van der Waals surface area contributed by atoms with Crippen molar-refractivity contribution in [3.05, 3.63) is 186 Å². The summed E-state index contributed by atoms with van der Waals surface area (Å²) in [5, 5.41) is 34.0. The van der Waals surface area contributed by atoms with Gasteiger partial charge in [-0.1, -0.05) is 15.5 Å². The highest BCUT2D eigenvalue weighted by Crippen LogP contribution is 2.41. The number of aromatic amines is 2. The largest absolute Gasteiger partial charge is 0.465 e. The van der Waals surface area contributed by atoms with Gasteiger partial charge in [0.2, 0.25) is 0 Å². The molecule has 0 radical (unpaired) electrons. The molecule has 2 atom stereocenters. The average molecular weight is 1530 g/mol. The highest BCUT2D eigenvalue weighted by molar-refractivity contribution is 9.10. The number of carbonyl (C=O) groups is 3. The third-order valence-corrected chi connectivity index (χ3v) is 15.8. The summed E-state index contributed by atoms with van der Waals surface area (Å²) in [6.45, 7) is 25.0. The number of aromatic nitrogens is 12. The molecule has 0 aliphatic heterocycles.